The first kappa shape index (κ1) is 31.6. The molecule has 0 radical (unpaired) electrons. The van der Waals surface area contributed by atoms with Crippen molar-refractivity contribution >= 4 is 0 Å². The molecule has 0 fully saturated rings. The predicted octanol–water partition coefficient (Wildman–Crippen LogP) is -10.1. The summed E-state index contributed by atoms with van der Waals surface area (Å²) in [6.45, 7) is 0. The van der Waals surface area contributed by atoms with Gasteiger partial charge in [-0.1, -0.05) is 0 Å². The molecular formula is H4Na2O5Ti. The summed E-state index contributed by atoms with van der Waals surface area (Å²) < 4.78 is 25.8. The first-order valence-corrected chi connectivity index (χ1v) is 2.52. The van der Waals surface area contributed by atoms with E-state index in [4.69, 9.17) is 10.7 Å². The van der Waals surface area contributed by atoms with Gasteiger partial charge < -0.3 is 11.0 Å². The number of rotatable bonds is 0. The fourth-order valence-electron chi connectivity index (χ4n) is 0. The van der Waals surface area contributed by atoms with Gasteiger partial charge in [-0.2, -0.15) is 0 Å². The molecule has 0 amide bonds. The minimum atomic E-state index is -4.08. The van der Waals surface area contributed by atoms with E-state index < -0.39 is 18.6 Å². The van der Waals surface area contributed by atoms with Crippen molar-refractivity contribution in [3.63, 3.8) is 0 Å². The molecule has 8 heteroatoms. The molecule has 0 aliphatic rings. The third-order valence-corrected chi connectivity index (χ3v) is 0. The molecule has 0 saturated carbocycles. The van der Waals surface area contributed by atoms with Crippen molar-refractivity contribution in [2.45, 2.75) is 0 Å². The van der Waals surface area contributed by atoms with E-state index in [9.17, 15) is 0 Å². The zero-order valence-electron chi connectivity index (χ0n) is 4.72. The Labute approximate surface area is 97.8 Å². The third kappa shape index (κ3) is 81.5. The van der Waals surface area contributed by atoms with Crippen LogP contribution in [0, 0.1) is 0 Å². The van der Waals surface area contributed by atoms with Crippen molar-refractivity contribution in [3.05, 3.63) is 0 Å². The van der Waals surface area contributed by atoms with Crippen molar-refractivity contribution in [2.75, 3.05) is 0 Å². The van der Waals surface area contributed by atoms with E-state index in [-0.39, 0.29) is 70.1 Å². The summed E-state index contributed by atoms with van der Waals surface area (Å²) in [5, 5.41) is 0. The maximum absolute atomic E-state index is 8.58. The Morgan fingerprint density at radius 3 is 1.00 bits per heavy atom. The van der Waals surface area contributed by atoms with Gasteiger partial charge in [0.2, 0.25) is 0 Å². The molecule has 5 nitrogen and oxygen atoms in total. The van der Waals surface area contributed by atoms with Crippen molar-refractivity contribution in [3.8, 4) is 0 Å². The molecule has 0 saturated heterocycles. The van der Waals surface area contributed by atoms with Crippen LogP contribution in [0.5, 0.6) is 0 Å². The Bertz CT molecular complexity index is 33.4. The van der Waals surface area contributed by atoms with Crippen LogP contribution in [0.3, 0.4) is 0 Å². The van der Waals surface area contributed by atoms with Crippen molar-refractivity contribution in [1.82, 2.24) is 0 Å². The van der Waals surface area contributed by atoms with Crippen LogP contribution in [0.4, 0.5) is 0 Å². The summed E-state index contributed by atoms with van der Waals surface area (Å²) in [5.41, 5.74) is 0. The second kappa shape index (κ2) is 22.8. The topological polar surface area (TPSA) is 126 Å². The average molecular weight is 178 g/mol. The summed E-state index contributed by atoms with van der Waals surface area (Å²) in [5.74, 6) is 0. The van der Waals surface area contributed by atoms with Crippen LogP contribution in [0.15, 0.2) is 0 Å². The van der Waals surface area contributed by atoms with Crippen LogP contribution < -0.4 is 66.5 Å². The Hall–Kier alpha value is 2.35. The molecule has 0 atom stereocenters. The fraction of sp³-hybridized carbons (Fsp3) is 0. The maximum atomic E-state index is 8.58. The molecule has 0 aliphatic carbocycles. The summed E-state index contributed by atoms with van der Waals surface area (Å²) in [7, 11) is 0. The Kier molecular flexibility index (Phi) is 90.0. The molecule has 4 N–H and O–H groups in total. The first-order chi connectivity index (χ1) is 1.73. The van der Waals surface area contributed by atoms with Crippen LogP contribution in [0.2, 0.25) is 0 Å². The van der Waals surface area contributed by atoms with Gasteiger partial charge in [-0.3, -0.25) is 0 Å². The monoisotopic (exact) mass is 178 g/mol. The van der Waals surface area contributed by atoms with Gasteiger partial charge in [0.05, 0.1) is 0 Å². The summed E-state index contributed by atoms with van der Waals surface area (Å²) in [4.78, 5) is 0. The molecular weight excluding hydrogens is 174 g/mol. The van der Waals surface area contributed by atoms with Crippen LogP contribution >= 0.6 is 0 Å². The van der Waals surface area contributed by atoms with E-state index in [1.807, 2.05) is 0 Å². The molecule has 0 spiro atoms. The molecule has 0 unspecified atom stereocenters. The van der Waals surface area contributed by atoms with Crippen LogP contribution in [0.1, 0.15) is 0 Å². The van der Waals surface area contributed by atoms with Crippen molar-refractivity contribution in [1.29, 1.82) is 0 Å². The van der Waals surface area contributed by atoms with Gasteiger partial charge in [-0.25, -0.2) is 0 Å². The fourth-order valence-corrected chi connectivity index (χ4v) is 0. The van der Waals surface area contributed by atoms with Crippen molar-refractivity contribution < 1.29 is 99.4 Å². The van der Waals surface area contributed by atoms with Gasteiger partial charge in [0.15, 0.2) is 0 Å². The van der Waals surface area contributed by atoms with E-state index in [1.54, 1.807) is 0 Å². The Morgan fingerprint density at radius 2 is 1.00 bits per heavy atom. The van der Waals surface area contributed by atoms with E-state index in [0.29, 0.717) is 0 Å². The molecule has 0 aromatic rings. The predicted molar refractivity (Wildman–Crippen MR) is 7.91 cm³/mol. The molecule has 0 aromatic carbocycles. The van der Waals surface area contributed by atoms with Crippen LogP contribution in [0.25, 0.3) is 0 Å². The van der Waals surface area contributed by atoms with Crippen molar-refractivity contribution in [2.24, 2.45) is 0 Å². The molecule has 40 valence electrons. The van der Waals surface area contributed by atoms with E-state index >= 15 is 0 Å². The minimum absolute atomic E-state index is 0. The zero-order chi connectivity index (χ0) is 3.58. The van der Waals surface area contributed by atoms with Gasteiger partial charge in [-0.15, -0.1) is 0 Å². The summed E-state index contributed by atoms with van der Waals surface area (Å²) in [6, 6.07) is 0. The number of hydrogen-bond acceptors (Lipinski definition) is 3. The molecule has 0 bridgehead atoms. The molecule has 0 rings (SSSR count). The van der Waals surface area contributed by atoms with Crippen LogP contribution in [-0.2, 0) is 21.9 Å². The normalized spacial score (nSPS) is 3.25. The second-order valence-electron chi connectivity index (χ2n) is 0.250. The second-order valence-corrected chi connectivity index (χ2v) is 1.03. The van der Waals surface area contributed by atoms with Crippen LogP contribution in [-0.4, -0.2) is 11.0 Å². The molecule has 0 aromatic heterocycles. The standard InChI is InChI=1S/2Na.2H2O.3O.Ti/h;;2*1H2;;;;/q2*+1;;;;2*-1;. The molecule has 0 heterocycles. The Balaban J connectivity index is -0.00000000750. The van der Waals surface area contributed by atoms with E-state index in [1.165, 1.54) is 0 Å². The summed E-state index contributed by atoms with van der Waals surface area (Å²) >= 11 is -4.08. The zero-order valence-corrected chi connectivity index (χ0v) is 10.3. The van der Waals surface area contributed by atoms with Gasteiger partial charge in [0, 0.05) is 0 Å². The number of hydrogen-bond donors (Lipinski definition) is 0. The Morgan fingerprint density at radius 1 is 1.00 bits per heavy atom. The van der Waals surface area contributed by atoms with Gasteiger partial charge >= 0.3 is 88.4 Å². The summed E-state index contributed by atoms with van der Waals surface area (Å²) in [6.07, 6.45) is 0. The van der Waals surface area contributed by atoms with E-state index in [0.717, 1.165) is 0 Å². The van der Waals surface area contributed by atoms with Gasteiger partial charge in [0.1, 0.15) is 0 Å². The molecule has 0 aliphatic heterocycles. The van der Waals surface area contributed by atoms with Gasteiger partial charge in [-0.05, 0) is 0 Å². The first-order valence-electron chi connectivity index (χ1n) is 0.612. The average Bonchev–Trinajstić information content (AvgIpc) is 0.811. The quantitative estimate of drug-likeness (QED) is 0.341. The molecule has 8 heavy (non-hydrogen) atoms. The van der Waals surface area contributed by atoms with E-state index in [2.05, 4.69) is 0 Å². The third-order valence-electron chi connectivity index (χ3n) is 0. The SMILES string of the molecule is O.O.[Na+].[Na+].[O]=[Ti]([O-])[O-]. The van der Waals surface area contributed by atoms with Gasteiger partial charge in [0.25, 0.3) is 0 Å².